The Morgan fingerprint density at radius 1 is 1.03 bits per heavy atom. The maximum Gasteiger partial charge on any atom is 0.338 e. The van der Waals surface area contributed by atoms with E-state index < -0.39 is 23.7 Å². The number of Topliss-reactive ketones (excluding diaryl/α,β-unsaturated/α-hetero) is 1. The topological polar surface area (TPSA) is 93.1 Å². The Balaban J connectivity index is 1.81. The predicted octanol–water partition coefficient (Wildman–Crippen LogP) is 6.15. The fourth-order valence-corrected chi connectivity index (χ4v) is 5.06. The minimum absolute atomic E-state index is 0.0531. The number of ether oxygens (including phenoxy) is 2. The van der Waals surface area contributed by atoms with Crippen LogP contribution in [0.3, 0.4) is 0 Å². The summed E-state index contributed by atoms with van der Waals surface area (Å²) in [5, 5.41) is 11.8. The summed E-state index contributed by atoms with van der Waals surface area (Å²) in [4.78, 5) is 40.5. The first kappa shape index (κ1) is 27.9. The highest BCUT2D eigenvalue weighted by Crippen LogP contribution is 2.43. The number of benzene rings is 3. The van der Waals surface area contributed by atoms with Crippen molar-refractivity contribution in [2.45, 2.75) is 46.4 Å². The van der Waals surface area contributed by atoms with E-state index in [0.29, 0.717) is 16.7 Å². The molecule has 3 aromatic rings. The van der Waals surface area contributed by atoms with Gasteiger partial charge >= 0.3 is 5.97 Å². The van der Waals surface area contributed by atoms with E-state index in [9.17, 15) is 19.5 Å². The fourth-order valence-electron chi connectivity index (χ4n) is 4.71. The Hall–Kier alpha value is -4.10. The van der Waals surface area contributed by atoms with Gasteiger partial charge in [0.2, 0.25) is 0 Å². The second-order valence-corrected chi connectivity index (χ2v) is 10.2. The maximum absolute atomic E-state index is 13.5. The van der Waals surface area contributed by atoms with Crippen LogP contribution in [0.15, 0.2) is 66.2 Å². The molecule has 202 valence electrons. The smallest absolute Gasteiger partial charge is 0.338 e. The number of esters is 1. The molecule has 0 bridgehead atoms. The van der Waals surface area contributed by atoms with Crippen LogP contribution in [-0.2, 0) is 20.9 Å². The highest BCUT2D eigenvalue weighted by molar-refractivity contribution is 6.46. The summed E-state index contributed by atoms with van der Waals surface area (Å²) in [5.74, 6) is -2.16. The maximum atomic E-state index is 13.5. The molecule has 1 saturated heterocycles. The molecule has 0 spiro atoms. The van der Waals surface area contributed by atoms with Gasteiger partial charge in [-0.15, -0.1) is 0 Å². The zero-order valence-corrected chi connectivity index (χ0v) is 23.2. The van der Waals surface area contributed by atoms with Gasteiger partial charge in [0.05, 0.1) is 41.0 Å². The van der Waals surface area contributed by atoms with Crippen molar-refractivity contribution in [1.82, 2.24) is 4.90 Å². The molecule has 1 atom stereocenters. The van der Waals surface area contributed by atoms with Crippen LogP contribution in [-0.4, -0.2) is 40.9 Å². The molecule has 1 amide bonds. The molecular weight excluding hydrogens is 518 g/mol. The quantitative estimate of drug-likeness (QED) is 0.165. The molecule has 1 aliphatic rings. The van der Waals surface area contributed by atoms with Gasteiger partial charge in [0.1, 0.15) is 11.5 Å². The third-order valence-electron chi connectivity index (χ3n) is 6.43. The highest BCUT2D eigenvalue weighted by Gasteiger charge is 2.46. The molecule has 8 heteroatoms. The molecule has 7 nitrogen and oxygen atoms in total. The third-order valence-corrected chi connectivity index (χ3v) is 6.71. The summed E-state index contributed by atoms with van der Waals surface area (Å²) in [6.07, 6.45) is -0.250. The van der Waals surface area contributed by atoms with E-state index in [1.165, 1.54) is 12.0 Å². The van der Waals surface area contributed by atoms with Crippen molar-refractivity contribution in [3.63, 3.8) is 0 Å². The summed E-state index contributed by atoms with van der Waals surface area (Å²) >= 11 is 6.37. The van der Waals surface area contributed by atoms with E-state index >= 15 is 0 Å². The first-order chi connectivity index (χ1) is 18.5. The second kappa shape index (κ2) is 11.3. The minimum Gasteiger partial charge on any atom is -0.507 e. The van der Waals surface area contributed by atoms with Crippen LogP contribution in [0.1, 0.15) is 58.1 Å². The lowest BCUT2D eigenvalue weighted by Crippen LogP contribution is -2.29. The van der Waals surface area contributed by atoms with Crippen LogP contribution in [0.2, 0.25) is 5.02 Å². The van der Waals surface area contributed by atoms with Crippen molar-refractivity contribution >= 4 is 35.0 Å². The van der Waals surface area contributed by atoms with Gasteiger partial charge in [0, 0.05) is 6.54 Å². The summed E-state index contributed by atoms with van der Waals surface area (Å²) in [6, 6.07) is 16.6. The monoisotopic (exact) mass is 547 g/mol. The molecule has 0 aliphatic carbocycles. The zero-order valence-electron chi connectivity index (χ0n) is 22.4. The van der Waals surface area contributed by atoms with Crippen LogP contribution in [0.4, 0.5) is 0 Å². The molecule has 0 radical (unpaired) electrons. The van der Waals surface area contributed by atoms with E-state index in [0.717, 1.165) is 11.1 Å². The van der Waals surface area contributed by atoms with Crippen LogP contribution in [0.5, 0.6) is 5.75 Å². The van der Waals surface area contributed by atoms with Gasteiger partial charge < -0.3 is 19.5 Å². The number of halogens is 1. The summed E-state index contributed by atoms with van der Waals surface area (Å²) in [6.45, 7) is 7.33. The van der Waals surface area contributed by atoms with Crippen LogP contribution >= 0.6 is 11.6 Å². The number of ketones is 1. The lowest BCUT2D eigenvalue weighted by atomic mass is 9.93. The SMILES string of the molecule is COc1c(Cl)cc(C)cc1/C(O)=C1\C(=O)C(=O)N(Cc2ccc(C(=O)OC(C)C)cc2)C1c1cccc(C)c1. The molecule has 39 heavy (non-hydrogen) atoms. The molecule has 3 aromatic carbocycles. The van der Waals surface area contributed by atoms with Crippen molar-refractivity contribution in [1.29, 1.82) is 0 Å². The third kappa shape index (κ3) is 5.68. The summed E-state index contributed by atoms with van der Waals surface area (Å²) < 4.78 is 10.7. The Bertz CT molecular complexity index is 1470. The average molecular weight is 548 g/mol. The number of aliphatic hydroxyl groups is 1. The van der Waals surface area contributed by atoms with Gasteiger partial charge in [0.25, 0.3) is 11.7 Å². The molecule has 1 aliphatic heterocycles. The van der Waals surface area contributed by atoms with Crippen LogP contribution < -0.4 is 4.74 Å². The number of rotatable bonds is 7. The van der Waals surface area contributed by atoms with E-state index in [4.69, 9.17) is 21.1 Å². The predicted molar refractivity (Wildman–Crippen MR) is 149 cm³/mol. The van der Waals surface area contributed by atoms with Gasteiger partial charge in [-0.2, -0.15) is 0 Å². The van der Waals surface area contributed by atoms with Crippen LogP contribution in [0, 0.1) is 13.8 Å². The molecule has 1 N–H and O–H groups in total. The average Bonchev–Trinajstić information content (AvgIpc) is 3.13. The number of nitrogens with zero attached hydrogens (tertiary/aromatic N) is 1. The molecule has 0 saturated carbocycles. The van der Waals surface area contributed by atoms with E-state index in [1.807, 2.05) is 31.2 Å². The fraction of sp³-hybridized carbons (Fsp3) is 0.258. The zero-order chi connectivity index (χ0) is 28.4. The summed E-state index contributed by atoms with van der Waals surface area (Å²) in [5.41, 5.74) is 3.61. The molecule has 1 heterocycles. The van der Waals surface area contributed by atoms with Crippen molar-refractivity contribution in [2.24, 2.45) is 0 Å². The Labute approximate surface area is 232 Å². The van der Waals surface area contributed by atoms with Gasteiger partial charge in [0.15, 0.2) is 0 Å². The molecule has 1 fully saturated rings. The largest absolute Gasteiger partial charge is 0.507 e. The number of hydrogen-bond acceptors (Lipinski definition) is 6. The number of aliphatic hydroxyl groups excluding tert-OH is 1. The van der Waals surface area contributed by atoms with Crippen molar-refractivity contribution in [3.8, 4) is 5.75 Å². The number of hydrogen-bond donors (Lipinski definition) is 1. The standard InChI is InChI=1S/C31H30ClNO6/c1-17(2)39-31(37)21-11-9-20(10-12-21)16-33-26(22-8-6-7-18(3)13-22)25(28(35)30(33)36)27(34)23-14-19(4)15-24(32)29(23)38-5/h6-15,17,26,34H,16H2,1-5H3/b27-25+. The number of methoxy groups -OCH3 is 1. The molecular formula is C31H30ClNO6. The van der Waals surface area contributed by atoms with Gasteiger partial charge in [-0.25, -0.2) is 4.79 Å². The normalized spacial score (nSPS) is 16.6. The molecule has 4 rings (SSSR count). The van der Waals surface area contributed by atoms with Gasteiger partial charge in [-0.1, -0.05) is 53.6 Å². The lowest BCUT2D eigenvalue weighted by molar-refractivity contribution is -0.140. The molecule has 1 unspecified atom stereocenters. The van der Waals surface area contributed by atoms with Gasteiger partial charge in [-0.05, 0) is 68.7 Å². The number of likely N-dealkylation sites (tertiary alicyclic amines) is 1. The van der Waals surface area contributed by atoms with Crippen molar-refractivity contribution < 1.29 is 29.0 Å². The highest BCUT2D eigenvalue weighted by atomic mass is 35.5. The second-order valence-electron chi connectivity index (χ2n) is 9.82. The van der Waals surface area contributed by atoms with Gasteiger partial charge in [-0.3, -0.25) is 9.59 Å². The van der Waals surface area contributed by atoms with Crippen molar-refractivity contribution in [2.75, 3.05) is 7.11 Å². The first-order valence-electron chi connectivity index (χ1n) is 12.5. The van der Waals surface area contributed by atoms with E-state index in [-0.39, 0.29) is 40.3 Å². The number of carbonyl (C=O) groups is 3. The van der Waals surface area contributed by atoms with Crippen LogP contribution in [0.25, 0.3) is 5.76 Å². The number of carbonyl (C=O) groups excluding carboxylic acids is 3. The number of aryl methyl sites for hydroxylation is 2. The first-order valence-corrected chi connectivity index (χ1v) is 12.9. The van der Waals surface area contributed by atoms with E-state index in [2.05, 4.69) is 0 Å². The number of amides is 1. The van der Waals surface area contributed by atoms with Crippen molar-refractivity contribution in [3.05, 3.63) is 105 Å². The minimum atomic E-state index is -0.862. The summed E-state index contributed by atoms with van der Waals surface area (Å²) in [7, 11) is 1.42. The molecule has 0 aromatic heterocycles. The van der Waals surface area contributed by atoms with E-state index in [1.54, 1.807) is 57.2 Å². The Morgan fingerprint density at radius 3 is 2.33 bits per heavy atom. The lowest BCUT2D eigenvalue weighted by Gasteiger charge is -2.26. The Morgan fingerprint density at radius 2 is 1.72 bits per heavy atom. The Kier molecular flexibility index (Phi) is 8.11.